The Balaban J connectivity index is 2.36. The van der Waals surface area contributed by atoms with E-state index in [-0.39, 0.29) is 5.91 Å². The van der Waals surface area contributed by atoms with E-state index in [4.69, 9.17) is 5.11 Å². The molecular weight excluding hydrogens is 158 g/mol. The first-order valence-corrected chi connectivity index (χ1v) is 4.09. The second-order valence-corrected chi connectivity index (χ2v) is 3.27. The van der Waals surface area contributed by atoms with Crippen molar-refractivity contribution in [1.82, 2.24) is 5.32 Å². The Bertz CT molecular complexity index is 198. The Hall–Kier alpha value is -1.06. The fourth-order valence-corrected chi connectivity index (χ4v) is 1.15. The summed E-state index contributed by atoms with van der Waals surface area (Å²) in [7, 11) is 0. The van der Waals surface area contributed by atoms with Gasteiger partial charge in [-0.1, -0.05) is 12.8 Å². The maximum atomic E-state index is 10.6. The summed E-state index contributed by atoms with van der Waals surface area (Å²) in [5.74, 6) is -0.696. The normalized spacial score (nSPS) is 18.4. The summed E-state index contributed by atoms with van der Waals surface area (Å²) in [6.45, 7) is 1.34. The van der Waals surface area contributed by atoms with Crippen molar-refractivity contribution in [3.05, 3.63) is 0 Å². The van der Waals surface area contributed by atoms with Crippen molar-refractivity contribution < 1.29 is 14.7 Å². The van der Waals surface area contributed by atoms with Crippen molar-refractivity contribution in [2.24, 2.45) is 5.92 Å². The van der Waals surface area contributed by atoms with Crippen LogP contribution in [0.15, 0.2) is 0 Å². The molecule has 4 heteroatoms. The summed E-state index contributed by atoms with van der Waals surface area (Å²) in [5, 5.41) is 11.1. The Kier molecular flexibility index (Phi) is 2.68. The minimum atomic E-state index is -0.933. The van der Waals surface area contributed by atoms with Gasteiger partial charge < -0.3 is 10.4 Å². The topological polar surface area (TPSA) is 66.4 Å². The van der Waals surface area contributed by atoms with Crippen molar-refractivity contribution in [2.75, 3.05) is 0 Å². The van der Waals surface area contributed by atoms with Crippen LogP contribution >= 0.6 is 0 Å². The summed E-state index contributed by atoms with van der Waals surface area (Å²) in [6, 6.07) is -0.685. The van der Waals surface area contributed by atoms with Crippen molar-refractivity contribution in [2.45, 2.75) is 32.2 Å². The van der Waals surface area contributed by atoms with Gasteiger partial charge in [-0.15, -0.1) is 0 Å². The highest BCUT2D eigenvalue weighted by atomic mass is 16.4. The summed E-state index contributed by atoms with van der Waals surface area (Å²) >= 11 is 0. The Morgan fingerprint density at radius 3 is 2.50 bits per heavy atom. The molecule has 4 nitrogen and oxygen atoms in total. The predicted molar refractivity (Wildman–Crippen MR) is 42.6 cm³/mol. The highest BCUT2D eigenvalue weighted by Gasteiger charge is 2.29. The molecule has 0 spiro atoms. The van der Waals surface area contributed by atoms with E-state index in [2.05, 4.69) is 5.32 Å². The molecule has 0 aromatic carbocycles. The third kappa shape index (κ3) is 2.90. The second-order valence-electron chi connectivity index (χ2n) is 3.27. The number of aliphatic carboxylic acids is 1. The molecule has 0 aliphatic heterocycles. The van der Waals surface area contributed by atoms with Crippen LogP contribution in [0, 0.1) is 5.92 Å². The van der Waals surface area contributed by atoms with Crippen molar-refractivity contribution in [3.8, 4) is 0 Å². The van der Waals surface area contributed by atoms with Crippen LogP contribution in [0.1, 0.15) is 26.2 Å². The molecule has 0 unspecified atom stereocenters. The van der Waals surface area contributed by atoms with Gasteiger partial charge in [0.15, 0.2) is 0 Å². The van der Waals surface area contributed by atoms with Crippen LogP contribution in [0.2, 0.25) is 0 Å². The van der Waals surface area contributed by atoms with E-state index in [0.717, 1.165) is 12.8 Å². The van der Waals surface area contributed by atoms with E-state index >= 15 is 0 Å². The quantitative estimate of drug-likeness (QED) is 0.642. The molecule has 1 aliphatic carbocycles. The first-order chi connectivity index (χ1) is 5.59. The van der Waals surface area contributed by atoms with Gasteiger partial charge in [-0.2, -0.15) is 0 Å². The van der Waals surface area contributed by atoms with Crippen molar-refractivity contribution in [1.29, 1.82) is 0 Å². The van der Waals surface area contributed by atoms with Gasteiger partial charge >= 0.3 is 5.97 Å². The van der Waals surface area contributed by atoms with Crippen LogP contribution in [0.25, 0.3) is 0 Å². The highest BCUT2D eigenvalue weighted by molar-refractivity contribution is 5.82. The average Bonchev–Trinajstić information content (AvgIpc) is 2.68. The van der Waals surface area contributed by atoms with Gasteiger partial charge in [0.05, 0.1) is 0 Å². The maximum Gasteiger partial charge on any atom is 0.326 e. The molecule has 0 saturated heterocycles. The summed E-state index contributed by atoms with van der Waals surface area (Å²) < 4.78 is 0. The molecule has 1 saturated carbocycles. The molecule has 1 rings (SSSR count). The summed E-state index contributed by atoms with van der Waals surface area (Å²) in [5.41, 5.74) is 0. The van der Waals surface area contributed by atoms with Crippen LogP contribution < -0.4 is 5.32 Å². The van der Waals surface area contributed by atoms with E-state index in [1.165, 1.54) is 6.92 Å². The first-order valence-electron chi connectivity index (χ1n) is 4.09. The van der Waals surface area contributed by atoms with Crippen molar-refractivity contribution in [3.63, 3.8) is 0 Å². The first kappa shape index (κ1) is 9.03. The lowest BCUT2D eigenvalue weighted by Crippen LogP contribution is -2.39. The Morgan fingerprint density at radius 2 is 2.17 bits per heavy atom. The Labute approximate surface area is 71.0 Å². The lowest BCUT2D eigenvalue weighted by molar-refractivity contribution is -0.141. The zero-order valence-corrected chi connectivity index (χ0v) is 7.04. The van der Waals surface area contributed by atoms with Crippen LogP contribution in [0.5, 0.6) is 0 Å². The van der Waals surface area contributed by atoms with E-state index in [9.17, 15) is 9.59 Å². The monoisotopic (exact) mass is 171 g/mol. The zero-order chi connectivity index (χ0) is 9.14. The summed E-state index contributed by atoms with van der Waals surface area (Å²) in [6.07, 6.45) is 2.78. The number of nitrogens with one attached hydrogen (secondary N) is 1. The molecule has 68 valence electrons. The minimum Gasteiger partial charge on any atom is -0.480 e. The van der Waals surface area contributed by atoms with Crippen LogP contribution in [0.3, 0.4) is 0 Å². The molecule has 0 aromatic rings. The minimum absolute atomic E-state index is 0.275. The van der Waals surface area contributed by atoms with Gasteiger partial charge in [-0.25, -0.2) is 4.79 Å². The fraction of sp³-hybridized carbons (Fsp3) is 0.750. The average molecular weight is 171 g/mol. The lowest BCUT2D eigenvalue weighted by Gasteiger charge is -2.11. The van der Waals surface area contributed by atoms with Gasteiger partial charge in [0.25, 0.3) is 0 Å². The fourth-order valence-electron chi connectivity index (χ4n) is 1.15. The molecule has 12 heavy (non-hydrogen) atoms. The molecule has 0 heterocycles. The third-order valence-corrected chi connectivity index (χ3v) is 1.94. The van der Waals surface area contributed by atoms with Crippen LogP contribution in [-0.2, 0) is 9.59 Å². The summed E-state index contributed by atoms with van der Waals surface area (Å²) in [4.78, 5) is 21.2. The smallest absolute Gasteiger partial charge is 0.326 e. The molecule has 0 aromatic heterocycles. The number of hydrogen-bond acceptors (Lipinski definition) is 2. The number of amides is 1. The zero-order valence-electron chi connectivity index (χ0n) is 7.04. The molecule has 1 amide bonds. The number of carbonyl (C=O) groups excluding carboxylic acids is 1. The van der Waals surface area contributed by atoms with E-state index in [1.807, 2.05) is 0 Å². The predicted octanol–water partition coefficient (Wildman–Crippen LogP) is 0.376. The highest BCUT2D eigenvalue weighted by Crippen LogP contribution is 2.33. The third-order valence-electron chi connectivity index (χ3n) is 1.94. The number of carbonyl (C=O) groups is 2. The van der Waals surface area contributed by atoms with E-state index < -0.39 is 12.0 Å². The molecule has 1 atom stereocenters. The molecule has 0 bridgehead atoms. The maximum absolute atomic E-state index is 10.6. The number of carboxylic acid groups (broad SMARTS) is 1. The van der Waals surface area contributed by atoms with Gasteiger partial charge in [-0.05, 0) is 12.3 Å². The molecule has 2 N–H and O–H groups in total. The lowest BCUT2D eigenvalue weighted by atomic mass is 10.1. The van der Waals surface area contributed by atoms with E-state index in [0.29, 0.717) is 12.3 Å². The van der Waals surface area contributed by atoms with Gasteiger partial charge in [0.2, 0.25) is 5.91 Å². The standard InChI is InChI=1S/C8H13NO3/c1-5(10)9-7(8(11)12)4-6-2-3-6/h6-7H,2-4H2,1H3,(H,9,10)(H,11,12)/t7-/m1/s1. The number of carboxylic acids is 1. The molecule has 1 aliphatic rings. The SMILES string of the molecule is CC(=O)N[C@H](CC1CC1)C(=O)O. The molecule has 0 radical (unpaired) electrons. The van der Waals surface area contributed by atoms with Crippen LogP contribution in [-0.4, -0.2) is 23.0 Å². The van der Waals surface area contributed by atoms with Crippen LogP contribution in [0.4, 0.5) is 0 Å². The van der Waals surface area contributed by atoms with E-state index in [1.54, 1.807) is 0 Å². The van der Waals surface area contributed by atoms with Gasteiger partial charge in [0, 0.05) is 6.92 Å². The number of hydrogen-bond donors (Lipinski definition) is 2. The van der Waals surface area contributed by atoms with Gasteiger partial charge in [-0.3, -0.25) is 4.79 Å². The largest absolute Gasteiger partial charge is 0.480 e. The molecular formula is C8H13NO3. The second kappa shape index (κ2) is 3.56. The number of rotatable bonds is 4. The Morgan fingerprint density at radius 1 is 1.58 bits per heavy atom. The van der Waals surface area contributed by atoms with Gasteiger partial charge in [0.1, 0.15) is 6.04 Å². The molecule has 1 fully saturated rings. The van der Waals surface area contributed by atoms with Crippen molar-refractivity contribution >= 4 is 11.9 Å².